The summed E-state index contributed by atoms with van der Waals surface area (Å²) in [7, 11) is -3.44. The molecule has 0 bridgehead atoms. The minimum atomic E-state index is -3.44. The molecule has 4 nitrogen and oxygen atoms in total. The van der Waals surface area contributed by atoms with Gasteiger partial charge in [-0.05, 0) is 55.7 Å². The van der Waals surface area contributed by atoms with Crippen molar-refractivity contribution in [3.8, 4) is 0 Å². The summed E-state index contributed by atoms with van der Waals surface area (Å²) in [5.74, 6) is 0. The Bertz CT molecular complexity index is 573. The van der Waals surface area contributed by atoms with Crippen LogP contribution in [0.15, 0.2) is 23.1 Å². The van der Waals surface area contributed by atoms with Crippen molar-refractivity contribution in [2.24, 2.45) is 5.73 Å². The number of rotatable bonds is 5. The van der Waals surface area contributed by atoms with Crippen LogP contribution in [0.3, 0.4) is 0 Å². The Hall–Kier alpha value is -0.560. The number of sulfonamides is 1. The maximum Gasteiger partial charge on any atom is 0.240 e. The lowest BCUT2D eigenvalue weighted by atomic mass is 10.1. The van der Waals surface area contributed by atoms with Gasteiger partial charge in [-0.2, -0.15) is 11.8 Å². The summed E-state index contributed by atoms with van der Waals surface area (Å²) < 4.78 is 27.6. The minimum absolute atomic E-state index is 0.0556. The van der Waals surface area contributed by atoms with E-state index in [-0.39, 0.29) is 6.04 Å². The van der Waals surface area contributed by atoms with Gasteiger partial charge in [-0.3, -0.25) is 0 Å². The van der Waals surface area contributed by atoms with Gasteiger partial charge in [0.15, 0.2) is 0 Å². The van der Waals surface area contributed by atoms with Gasteiger partial charge >= 0.3 is 0 Å². The molecular weight excluding hydrogens is 292 g/mol. The SMILES string of the molecule is CSC1CCC(NS(=O)(=O)c2ccc(C)c(CN)c2)C1. The normalized spacial score (nSPS) is 23.1. The molecule has 0 radical (unpaired) electrons. The van der Waals surface area contributed by atoms with Crippen LogP contribution in [-0.2, 0) is 16.6 Å². The van der Waals surface area contributed by atoms with Gasteiger partial charge in [-0.1, -0.05) is 6.07 Å². The highest BCUT2D eigenvalue weighted by Gasteiger charge is 2.28. The summed E-state index contributed by atoms with van der Waals surface area (Å²) in [4.78, 5) is 0.316. The third-order valence-corrected chi connectivity index (χ3v) is 6.50. The molecule has 20 heavy (non-hydrogen) atoms. The molecule has 2 unspecified atom stereocenters. The number of hydrogen-bond acceptors (Lipinski definition) is 4. The first-order valence-electron chi connectivity index (χ1n) is 6.81. The van der Waals surface area contributed by atoms with Crippen molar-refractivity contribution in [3.63, 3.8) is 0 Å². The molecule has 0 aliphatic heterocycles. The lowest BCUT2D eigenvalue weighted by molar-refractivity contribution is 0.552. The molecule has 6 heteroatoms. The fourth-order valence-electron chi connectivity index (χ4n) is 2.58. The van der Waals surface area contributed by atoms with Crippen molar-refractivity contribution >= 4 is 21.8 Å². The summed E-state index contributed by atoms with van der Waals surface area (Å²) in [6, 6.07) is 5.20. The van der Waals surface area contributed by atoms with Crippen molar-refractivity contribution in [2.45, 2.75) is 48.9 Å². The van der Waals surface area contributed by atoms with E-state index in [1.807, 2.05) is 24.8 Å². The van der Waals surface area contributed by atoms with Crippen LogP contribution in [0.5, 0.6) is 0 Å². The van der Waals surface area contributed by atoms with Gasteiger partial charge in [0.2, 0.25) is 10.0 Å². The number of nitrogens with two attached hydrogens (primary N) is 1. The first-order valence-corrected chi connectivity index (χ1v) is 9.58. The van der Waals surface area contributed by atoms with Crippen LogP contribution in [0, 0.1) is 6.92 Å². The number of nitrogens with one attached hydrogen (secondary N) is 1. The molecule has 0 saturated heterocycles. The molecule has 1 aromatic carbocycles. The van der Waals surface area contributed by atoms with Crippen molar-refractivity contribution in [1.29, 1.82) is 0 Å². The average Bonchev–Trinajstić information content (AvgIpc) is 2.86. The summed E-state index contributed by atoms with van der Waals surface area (Å²) >= 11 is 1.81. The zero-order valence-corrected chi connectivity index (χ0v) is 13.6. The predicted octanol–water partition coefficient (Wildman–Crippen LogP) is 2.02. The van der Waals surface area contributed by atoms with E-state index in [4.69, 9.17) is 5.73 Å². The van der Waals surface area contributed by atoms with Crippen LogP contribution >= 0.6 is 11.8 Å². The van der Waals surface area contributed by atoms with Crippen LogP contribution in [0.4, 0.5) is 0 Å². The molecule has 0 amide bonds. The fourth-order valence-corrected chi connectivity index (χ4v) is 4.71. The molecule has 1 aliphatic carbocycles. The Kier molecular flexibility index (Phi) is 5.12. The van der Waals surface area contributed by atoms with E-state index in [9.17, 15) is 8.42 Å². The number of hydrogen-bond donors (Lipinski definition) is 2. The maximum absolute atomic E-state index is 12.4. The van der Waals surface area contributed by atoms with Crippen LogP contribution < -0.4 is 10.5 Å². The Morgan fingerprint density at radius 2 is 2.15 bits per heavy atom. The van der Waals surface area contributed by atoms with Crippen molar-refractivity contribution in [2.75, 3.05) is 6.26 Å². The molecule has 1 fully saturated rings. The van der Waals surface area contributed by atoms with Crippen LogP contribution in [0.25, 0.3) is 0 Å². The van der Waals surface area contributed by atoms with E-state index in [1.165, 1.54) is 0 Å². The molecule has 1 aromatic rings. The third-order valence-electron chi connectivity index (χ3n) is 3.89. The highest BCUT2D eigenvalue weighted by Crippen LogP contribution is 2.29. The zero-order valence-electron chi connectivity index (χ0n) is 11.9. The molecule has 0 spiro atoms. The number of aryl methyl sites for hydroxylation is 1. The van der Waals surface area contributed by atoms with Gasteiger partial charge in [0.05, 0.1) is 4.90 Å². The summed E-state index contributed by atoms with van der Waals surface area (Å²) in [6.07, 6.45) is 4.99. The van der Waals surface area contributed by atoms with Gasteiger partial charge in [0, 0.05) is 17.8 Å². The van der Waals surface area contributed by atoms with Gasteiger partial charge in [-0.25, -0.2) is 13.1 Å². The second kappa shape index (κ2) is 6.47. The largest absolute Gasteiger partial charge is 0.326 e. The van der Waals surface area contributed by atoms with E-state index in [0.717, 1.165) is 30.4 Å². The molecule has 2 rings (SSSR count). The first-order chi connectivity index (χ1) is 9.46. The molecule has 1 aliphatic rings. The topological polar surface area (TPSA) is 72.2 Å². The Balaban J connectivity index is 2.14. The van der Waals surface area contributed by atoms with E-state index >= 15 is 0 Å². The monoisotopic (exact) mass is 314 g/mol. The minimum Gasteiger partial charge on any atom is -0.326 e. The molecule has 0 heterocycles. The first kappa shape index (κ1) is 15.8. The zero-order chi connectivity index (χ0) is 14.8. The van der Waals surface area contributed by atoms with Gasteiger partial charge in [0.25, 0.3) is 0 Å². The number of benzene rings is 1. The van der Waals surface area contributed by atoms with Gasteiger partial charge < -0.3 is 5.73 Å². The highest BCUT2D eigenvalue weighted by molar-refractivity contribution is 7.99. The van der Waals surface area contributed by atoms with Gasteiger partial charge in [0.1, 0.15) is 0 Å². The van der Waals surface area contributed by atoms with Gasteiger partial charge in [-0.15, -0.1) is 0 Å². The maximum atomic E-state index is 12.4. The fraction of sp³-hybridized carbons (Fsp3) is 0.571. The standard InChI is InChI=1S/C14H22N2O2S2/c1-10-3-6-14(7-11(10)9-15)20(17,18)16-12-4-5-13(8-12)19-2/h3,6-7,12-13,16H,4-5,8-9,15H2,1-2H3. The lowest BCUT2D eigenvalue weighted by Crippen LogP contribution is -2.33. The van der Waals surface area contributed by atoms with Crippen molar-refractivity contribution in [1.82, 2.24) is 4.72 Å². The molecule has 3 N–H and O–H groups in total. The van der Waals surface area contributed by atoms with Crippen LogP contribution in [0.1, 0.15) is 30.4 Å². The van der Waals surface area contributed by atoms with Crippen LogP contribution in [-0.4, -0.2) is 26.0 Å². The second-order valence-electron chi connectivity index (χ2n) is 5.28. The summed E-state index contributed by atoms with van der Waals surface area (Å²) in [6.45, 7) is 2.29. The van der Waals surface area contributed by atoms with E-state index in [2.05, 4.69) is 11.0 Å². The second-order valence-corrected chi connectivity index (χ2v) is 8.13. The van der Waals surface area contributed by atoms with E-state index in [0.29, 0.717) is 16.7 Å². The predicted molar refractivity (Wildman–Crippen MR) is 84.3 cm³/mol. The Labute approximate surface area is 125 Å². The molecule has 112 valence electrons. The molecule has 0 aromatic heterocycles. The van der Waals surface area contributed by atoms with E-state index < -0.39 is 10.0 Å². The lowest BCUT2D eigenvalue weighted by Gasteiger charge is -2.14. The van der Waals surface area contributed by atoms with Crippen LogP contribution in [0.2, 0.25) is 0 Å². The molecule has 2 atom stereocenters. The third kappa shape index (κ3) is 3.55. The van der Waals surface area contributed by atoms with Crippen molar-refractivity contribution < 1.29 is 8.42 Å². The van der Waals surface area contributed by atoms with Crippen molar-refractivity contribution in [3.05, 3.63) is 29.3 Å². The smallest absolute Gasteiger partial charge is 0.240 e. The average molecular weight is 314 g/mol. The quantitative estimate of drug-likeness (QED) is 0.872. The Morgan fingerprint density at radius 1 is 1.40 bits per heavy atom. The molecular formula is C14H22N2O2S2. The van der Waals surface area contributed by atoms with E-state index in [1.54, 1.807) is 12.1 Å². The summed E-state index contributed by atoms with van der Waals surface area (Å²) in [5, 5.41) is 0.570. The summed E-state index contributed by atoms with van der Waals surface area (Å²) in [5.41, 5.74) is 7.54. The number of thioether (sulfide) groups is 1. The Morgan fingerprint density at radius 3 is 2.75 bits per heavy atom. The molecule has 1 saturated carbocycles. The highest BCUT2D eigenvalue weighted by atomic mass is 32.2.